The summed E-state index contributed by atoms with van der Waals surface area (Å²) in [5.41, 5.74) is 5.44. The van der Waals surface area contributed by atoms with Crippen LogP contribution in [0.5, 0.6) is 0 Å². The van der Waals surface area contributed by atoms with Crippen LogP contribution in [0.3, 0.4) is 0 Å². The Labute approximate surface area is 125 Å². The Bertz CT molecular complexity index is 779. The highest BCUT2D eigenvalue weighted by atomic mass is 19.2. The van der Waals surface area contributed by atoms with Gasteiger partial charge in [0.05, 0.1) is 5.57 Å². The molecule has 0 aliphatic rings. The van der Waals surface area contributed by atoms with Crippen molar-refractivity contribution in [2.24, 2.45) is 0 Å². The van der Waals surface area contributed by atoms with Gasteiger partial charge in [-0.1, -0.05) is 12.1 Å². The highest BCUT2D eigenvalue weighted by molar-refractivity contribution is 5.87. The van der Waals surface area contributed by atoms with Crippen molar-refractivity contribution in [3.05, 3.63) is 41.2 Å². The Kier molecular flexibility index (Phi) is 4.27. The lowest BCUT2D eigenvalue weighted by Gasteiger charge is -2.11. The summed E-state index contributed by atoms with van der Waals surface area (Å²) in [6.07, 6.45) is 1.16. The van der Waals surface area contributed by atoms with Crippen LogP contribution in [-0.2, 0) is 0 Å². The summed E-state index contributed by atoms with van der Waals surface area (Å²) in [5, 5.41) is 9.23. The highest BCUT2D eigenvalue weighted by Gasteiger charge is 2.13. The van der Waals surface area contributed by atoms with Crippen molar-refractivity contribution in [1.29, 1.82) is 5.26 Å². The lowest BCUT2D eigenvalue weighted by atomic mass is 10.1. The van der Waals surface area contributed by atoms with Gasteiger partial charge in [-0.05, 0) is 12.1 Å². The van der Waals surface area contributed by atoms with E-state index in [0.29, 0.717) is 0 Å². The molecule has 0 radical (unpaired) electrons. The predicted molar refractivity (Wildman–Crippen MR) is 78.4 cm³/mol. The Morgan fingerprint density at radius 3 is 2.64 bits per heavy atom. The van der Waals surface area contributed by atoms with E-state index in [0.717, 1.165) is 12.1 Å². The molecule has 6 nitrogen and oxygen atoms in total. The summed E-state index contributed by atoms with van der Waals surface area (Å²) in [4.78, 5) is 13.4. The van der Waals surface area contributed by atoms with Gasteiger partial charge in [0.1, 0.15) is 6.07 Å². The molecule has 1 aromatic heterocycles. The number of hydrogen-bond acceptors (Lipinski definition) is 6. The second kappa shape index (κ2) is 6.13. The highest BCUT2D eigenvalue weighted by Crippen LogP contribution is 2.20. The van der Waals surface area contributed by atoms with Crippen molar-refractivity contribution >= 4 is 23.5 Å². The van der Waals surface area contributed by atoms with E-state index in [1.165, 1.54) is 12.1 Å². The number of anilines is 2. The zero-order valence-corrected chi connectivity index (χ0v) is 11.9. The van der Waals surface area contributed by atoms with Crippen molar-refractivity contribution in [2.75, 3.05) is 24.7 Å². The lowest BCUT2D eigenvalue weighted by molar-refractivity contribution is 0.507. The Morgan fingerprint density at radius 1 is 1.27 bits per heavy atom. The minimum absolute atomic E-state index is 0.0117. The van der Waals surface area contributed by atoms with Crippen molar-refractivity contribution in [3.63, 3.8) is 0 Å². The number of halogens is 2. The molecule has 2 aromatic rings. The van der Waals surface area contributed by atoms with Crippen molar-refractivity contribution in [3.8, 4) is 6.07 Å². The van der Waals surface area contributed by atoms with Gasteiger partial charge in [-0.2, -0.15) is 20.2 Å². The molecule has 0 saturated heterocycles. The third-order valence-corrected chi connectivity index (χ3v) is 2.68. The van der Waals surface area contributed by atoms with Crippen molar-refractivity contribution in [2.45, 2.75) is 0 Å². The van der Waals surface area contributed by atoms with Crippen LogP contribution >= 0.6 is 0 Å². The van der Waals surface area contributed by atoms with E-state index in [9.17, 15) is 14.0 Å². The molecule has 0 bridgehead atoms. The summed E-state index contributed by atoms with van der Waals surface area (Å²) in [6.45, 7) is 0. The van der Waals surface area contributed by atoms with Crippen molar-refractivity contribution in [1.82, 2.24) is 15.0 Å². The maximum absolute atomic E-state index is 13.7. The average Bonchev–Trinajstić information content (AvgIpc) is 2.48. The van der Waals surface area contributed by atoms with Crippen LogP contribution in [0.4, 0.5) is 20.7 Å². The summed E-state index contributed by atoms with van der Waals surface area (Å²) in [7, 11) is 3.39. The summed E-state index contributed by atoms with van der Waals surface area (Å²) < 4.78 is 26.9. The van der Waals surface area contributed by atoms with Crippen LogP contribution < -0.4 is 10.6 Å². The van der Waals surface area contributed by atoms with Crippen LogP contribution in [0.25, 0.3) is 11.6 Å². The second-order valence-corrected chi connectivity index (χ2v) is 4.52. The quantitative estimate of drug-likeness (QED) is 0.870. The van der Waals surface area contributed by atoms with E-state index >= 15 is 0 Å². The number of aromatic nitrogens is 3. The average molecular weight is 302 g/mol. The molecule has 0 atom stereocenters. The predicted octanol–water partition coefficient (Wildman–Crippen LogP) is 1.86. The van der Waals surface area contributed by atoms with E-state index in [2.05, 4.69) is 15.0 Å². The SMILES string of the molecule is CN(C)c1nc(N)nc(C(C#N)=Cc2cccc(F)c2F)n1. The Morgan fingerprint density at radius 2 is 2.00 bits per heavy atom. The molecular formula is C14H12F2N6. The first-order chi connectivity index (χ1) is 10.4. The topological polar surface area (TPSA) is 91.7 Å². The van der Waals surface area contributed by atoms with Crippen LogP contribution in [-0.4, -0.2) is 29.0 Å². The first-order valence-electron chi connectivity index (χ1n) is 6.17. The second-order valence-electron chi connectivity index (χ2n) is 4.52. The van der Waals surface area contributed by atoms with Crippen molar-refractivity contribution < 1.29 is 8.78 Å². The number of rotatable bonds is 3. The van der Waals surface area contributed by atoms with Gasteiger partial charge in [0, 0.05) is 19.7 Å². The Balaban J connectivity index is 2.55. The molecule has 0 aliphatic carbocycles. The zero-order chi connectivity index (χ0) is 16.3. The first kappa shape index (κ1) is 15.3. The Hall–Kier alpha value is -3.08. The number of nitrogens with zero attached hydrogens (tertiary/aromatic N) is 5. The van der Waals surface area contributed by atoms with Gasteiger partial charge in [-0.25, -0.2) is 8.78 Å². The fraction of sp³-hybridized carbons (Fsp3) is 0.143. The first-order valence-corrected chi connectivity index (χ1v) is 6.17. The summed E-state index contributed by atoms with van der Waals surface area (Å²) >= 11 is 0. The fourth-order valence-electron chi connectivity index (χ4n) is 1.64. The fourth-order valence-corrected chi connectivity index (χ4v) is 1.64. The molecule has 2 N–H and O–H groups in total. The summed E-state index contributed by atoms with van der Waals surface area (Å²) in [6, 6.07) is 5.52. The smallest absolute Gasteiger partial charge is 0.230 e. The zero-order valence-electron chi connectivity index (χ0n) is 11.9. The molecule has 0 fully saturated rings. The van der Waals surface area contributed by atoms with E-state index < -0.39 is 11.6 Å². The maximum atomic E-state index is 13.7. The van der Waals surface area contributed by atoms with E-state index in [-0.39, 0.29) is 28.9 Å². The van der Waals surface area contributed by atoms with E-state index in [1.54, 1.807) is 19.0 Å². The third-order valence-electron chi connectivity index (χ3n) is 2.68. The maximum Gasteiger partial charge on any atom is 0.230 e. The molecule has 0 saturated carbocycles. The standard InChI is InChI=1S/C14H12F2N6/c1-22(2)14-20-12(19-13(18)21-14)9(7-17)6-8-4-3-5-10(15)11(8)16/h3-6H,1-2H3,(H2,18,19,20,21). The van der Waals surface area contributed by atoms with Gasteiger partial charge in [-0.3, -0.25) is 0 Å². The largest absolute Gasteiger partial charge is 0.368 e. The summed E-state index contributed by atoms with van der Waals surface area (Å²) in [5.74, 6) is -1.89. The van der Waals surface area contributed by atoms with Gasteiger partial charge in [-0.15, -0.1) is 0 Å². The number of nitriles is 1. The van der Waals surface area contributed by atoms with Crippen LogP contribution in [0.15, 0.2) is 18.2 Å². The monoisotopic (exact) mass is 302 g/mol. The molecule has 0 spiro atoms. The molecule has 0 amide bonds. The van der Waals surface area contributed by atoms with Gasteiger partial charge in [0.25, 0.3) is 0 Å². The van der Waals surface area contributed by atoms with Gasteiger partial charge in [0.2, 0.25) is 11.9 Å². The number of nitrogens with two attached hydrogens (primary N) is 1. The van der Waals surface area contributed by atoms with Crippen LogP contribution in [0.2, 0.25) is 0 Å². The number of benzene rings is 1. The van der Waals surface area contributed by atoms with Crippen LogP contribution in [0, 0.1) is 23.0 Å². The third kappa shape index (κ3) is 3.15. The van der Waals surface area contributed by atoms with E-state index in [1.807, 2.05) is 6.07 Å². The molecule has 8 heteroatoms. The molecule has 112 valence electrons. The number of nitrogen functional groups attached to an aromatic ring is 1. The minimum atomic E-state index is -1.05. The lowest BCUT2D eigenvalue weighted by Crippen LogP contribution is -2.15. The molecular weight excluding hydrogens is 290 g/mol. The van der Waals surface area contributed by atoms with Crippen LogP contribution in [0.1, 0.15) is 11.4 Å². The molecule has 0 unspecified atom stereocenters. The minimum Gasteiger partial charge on any atom is -0.368 e. The molecule has 22 heavy (non-hydrogen) atoms. The van der Waals surface area contributed by atoms with Gasteiger partial charge >= 0.3 is 0 Å². The van der Waals surface area contributed by atoms with E-state index in [4.69, 9.17) is 5.73 Å². The molecule has 1 aromatic carbocycles. The molecule has 1 heterocycles. The molecule has 0 aliphatic heterocycles. The normalized spacial score (nSPS) is 11.1. The molecule has 2 rings (SSSR count). The number of hydrogen-bond donors (Lipinski definition) is 1. The number of allylic oxidation sites excluding steroid dienone is 1. The van der Waals surface area contributed by atoms with Gasteiger partial charge in [0.15, 0.2) is 17.5 Å². The van der Waals surface area contributed by atoms with Gasteiger partial charge < -0.3 is 10.6 Å².